The molecule has 0 aromatic rings. The Morgan fingerprint density at radius 3 is 2.50 bits per heavy atom. The SMILES string of the molecule is CCCC(=O)N1CCC(O)(CN)CC1. The zero-order valence-electron chi connectivity index (χ0n) is 8.83. The standard InChI is InChI=1S/C10H20N2O2/c1-2-3-9(13)12-6-4-10(14,8-11)5-7-12/h14H,2-8,11H2,1H3. The Hall–Kier alpha value is -0.610. The molecule has 1 amide bonds. The van der Waals surface area contributed by atoms with Gasteiger partial charge in [0.05, 0.1) is 5.60 Å². The minimum Gasteiger partial charge on any atom is -0.388 e. The molecule has 82 valence electrons. The molecule has 0 bridgehead atoms. The first-order chi connectivity index (χ1) is 6.61. The van der Waals surface area contributed by atoms with Gasteiger partial charge in [-0.15, -0.1) is 0 Å². The summed E-state index contributed by atoms with van der Waals surface area (Å²) in [6.07, 6.45) is 2.72. The molecule has 3 N–H and O–H groups in total. The van der Waals surface area contributed by atoms with Gasteiger partial charge >= 0.3 is 0 Å². The van der Waals surface area contributed by atoms with Crippen molar-refractivity contribution in [3.63, 3.8) is 0 Å². The molecule has 0 unspecified atom stereocenters. The van der Waals surface area contributed by atoms with E-state index < -0.39 is 5.60 Å². The zero-order valence-corrected chi connectivity index (χ0v) is 8.83. The predicted octanol–water partition coefficient (Wildman–Crippen LogP) is 0.0987. The Bertz CT molecular complexity index is 198. The molecule has 0 spiro atoms. The van der Waals surface area contributed by atoms with Crippen LogP contribution in [0.5, 0.6) is 0 Å². The van der Waals surface area contributed by atoms with E-state index in [2.05, 4.69) is 0 Å². The number of aliphatic hydroxyl groups is 1. The quantitative estimate of drug-likeness (QED) is 0.679. The first kappa shape index (κ1) is 11.5. The molecule has 0 aliphatic carbocycles. The van der Waals surface area contributed by atoms with Crippen molar-refractivity contribution in [2.45, 2.75) is 38.2 Å². The molecule has 0 aromatic carbocycles. The second-order valence-corrected chi connectivity index (χ2v) is 4.06. The number of carbonyl (C=O) groups excluding carboxylic acids is 1. The Kier molecular flexibility index (Phi) is 3.89. The van der Waals surface area contributed by atoms with Gasteiger partial charge in [0.15, 0.2) is 0 Å². The van der Waals surface area contributed by atoms with Gasteiger partial charge in [0.25, 0.3) is 0 Å². The zero-order chi connectivity index (χ0) is 10.6. The summed E-state index contributed by atoms with van der Waals surface area (Å²) in [7, 11) is 0. The summed E-state index contributed by atoms with van der Waals surface area (Å²) < 4.78 is 0. The van der Waals surface area contributed by atoms with E-state index in [1.165, 1.54) is 0 Å². The van der Waals surface area contributed by atoms with E-state index in [4.69, 9.17) is 5.73 Å². The number of hydrogen-bond donors (Lipinski definition) is 2. The maximum absolute atomic E-state index is 11.5. The van der Waals surface area contributed by atoms with Gasteiger partial charge in [-0.25, -0.2) is 0 Å². The molecular formula is C10H20N2O2. The van der Waals surface area contributed by atoms with Gasteiger partial charge in [-0.2, -0.15) is 0 Å². The van der Waals surface area contributed by atoms with Crippen LogP contribution < -0.4 is 5.73 Å². The largest absolute Gasteiger partial charge is 0.388 e. The number of nitrogens with zero attached hydrogens (tertiary/aromatic N) is 1. The topological polar surface area (TPSA) is 66.6 Å². The Morgan fingerprint density at radius 2 is 2.07 bits per heavy atom. The number of piperidine rings is 1. The fourth-order valence-corrected chi connectivity index (χ4v) is 1.75. The molecule has 1 heterocycles. The van der Waals surface area contributed by atoms with Crippen LogP contribution in [0.25, 0.3) is 0 Å². The van der Waals surface area contributed by atoms with E-state index in [0.717, 1.165) is 6.42 Å². The van der Waals surface area contributed by atoms with Gasteiger partial charge in [-0.05, 0) is 19.3 Å². The fraction of sp³-hybridized carbons (Fsp3) is 0.900. The van der Waals surface area contributed by atoms with Crippen molar-refractivity contribution in [3.8, 4) is 0 Å². The number of likely N-dealkylation sites (tertiary alicyclic amines) is 1. The summed E-state index contributed by atoms with van der Waals surface area (Å²) in [5.74, 6) is 0.201. The lowest BCUT2D eigenvalue weighted by atomic mass is 9.91. The first-order valence-corrected chi connectivity index (χ1v) is 5.31. The molecule has 1 aliphatic heterocycles. The summed E-state index contributed by atoms with van der Waals surface area (Å²) in [5.41, 5.74) is 4.73. The molecule has 1 aliphatic rings. The van der Waals surface area contributed by atoms with E-state index in [9.17, 15) is 9.90 Å². The molecule has 0 atom stereocenters. The van der Waals surface area contributed by atoms with Crippen LogP contribution in [0.4, 0.5) is 0 Å². The molecule has 0 saturated carbocycles. The average Bonchev–Trinajstić information content (AvgIpc) is 2.19. The van der Waals surface area contributed by atoms with Crippen LogP contribution in [0, 0.1) is 0 Å². The summed E-state index contributed by atoms with van der Waals surface area (Å²) >= 11 is 0. The lowest BCUT2D eigenvalue weighted by Gasteiger charge is -2.37. The highest BCUT2D eigenvalue weighted by atomic mass is 16.3. The lowest BCUT2D eigenvalue weighted by molar-refractivity contribution is -0.135. The number of amides is 1. The number of carbonyl (C=O) groups is 1. The highest BCUT2D eigenvalue weighted by Crippen LogP contribution is 2.21. The van der Waals surface area contributed by atoms with Crippen molar-refractivity contribution in [2.24, 2.45) is 5.73 Å². The van der Waals surface area contributed by atoms with Crippen LogP contribution in [-0.4, -0.2) is 41.1 Å². The molecule has 1 rings (SSSR count). The third-order valence-corrected chi connectivity index (χ3v) is 2.89. The number of hydrogen-bond acceptors (Lipinski definition) is 3. The predicted molar refractivity (Wildman–Crippen MR) is 54.7 cm³/mol. The molecule has 4 nitrogen and oxygen atoms in total. The average molecular weight is 200 g/mol. The van der Waals surface area contributed by atoms with E-state index in [-0.39, 0.29) is 5.91 Å². The van der Waals surface area contributed by atoms with Crippen molar-refractivity contribution in [2.75, 3.05) is 19.6 Å². The first-order valence-electron chi connectivity index (χ1n) is 5.31. The third kappa shape index (κ3) is 2.69. The van der Waals surface area contributed by atoms with Crippen molar-refractivity contribution >= 4 is 5.91 Å². The normalized spacial score (nSPS) is 20.9. The van der Waals surface area contributed by atoms with Gasteiger partial charge in [-0.1, -0.05) is 6.92 Å². The monoisotopic (exact) mass is 200 g/mol. The minimum absolute atomic E-state index is 0.201. The van der Waals surface area contributed by atoms with E-state index in [1.54, 1.807) is 0 Å². The van der Waals surface area contributed by atoms with Crippen LogP contribution in [-0.2, 0) is 4.79 Å². The molecule has 1 saturated heterocycles. The van der Waals surface area contributed by atoms with Gasteiger partial charge < -0.3 is 15.7 Å². The molecule has 4 heteroatoms. The van der Waals surface area contributed by atoms with Crippen molar-refractivity contribution in [1.29, 1.82) is 0 Å². The van der Waals surface area contributed by atoms with Gasteiger partial charge in [0.2, 0.25) is 5.91 Å². The second-order valence-electron chi connectivity index (χ2n) is 4.06. The smallest absolute Gasteiger partial charge is 0.222 e. The molecule has 0 radical (unpaired) electrons. The number of rotatable bonds is 3. The molecule has 1 fully saturated rings. The van der Waals surface area contributed by atoms with Crippen LogP contribution in [0.3, 0.4) is 0 Å². The highest BCUT2D eigenvalue weighted by Gasteiger charge is 2.32. The van der Waals surface area contributed by atoms with Crippen molar-refractivity contribution in [1.82, 2.24) is 4.90 Å². The van der Waals surface area contributed by atoms with Crippen LogP contribution in [0.1, 0.15) is 32.6 Å². The Balaban J connectivity index is 2.39. The fourth-order valence-electron chi connectivity index (χ4n) is 1.75. The maximum atomic E-state index is 11.5. The lowest BCUT2D eigenvalue weighted by Crippen LogP contribution is -2.50. The van der Waals surface area contributed by atoms with E-state index in [1.807, 2.05) is 11.8 Å². The summed E-state index contributed by atoms with van der Waals surface area (Å²) in [6.45, 7) is 3.58. The van der Waals surface area contributed by atoms with E-state index >= 15 is 0 Å². The van der Waals surface area contributed by atoms with Crippen LogP contribution in [0.2, 0.25) is 0 Å². The summed E-state index contributed by atoms with van der Waals surface area (Å²) in [6, 6.07) is 0. The number of nitrogens with two attached hydrogens (primary N) is 1. The van der Waals surface area contributed by atoms with Crippen LogP contribution >= 0.6 is 0 Å². The van der Waals surface area contributed by atoms with Gasteiger partial charge in [-0.3, -0.25) is 4.79 Å². The minimum atomic E-state index is -0.733. The van der Waals surface area contributed by atoms with Gasteiger partial charge in [0.1, 0.15) is 0 Å². The van der Waals surface area contributed by atoms with Crippen LogP contribution in [0.15, 0.2) is 0 Å². The summed E-state index contributed by atoms with van der Waals surface area (Å²) in [5, 5.41) is 9.85. The Morgan fingerprint density at radius 1 is 1.50 bits per heavy atom. The third-order valence-electron chi connectivity index (χ3n) is 2.89. The second kappa shape index (κ2) is 4.75. The molecular weight excluding hydrogens is 180 g/mol. The van der Waals surface area contributed by atoms with Crippen molar-refractivity contribution in [3.05, 3.63) is 0 Å². The molecule has 0 aromatic heterocycles. The van der Waals surface area contributed by atoms with Gasteiger partial charge in [0, 0.05) is 26.1 Å². The maximum Gasteiger partial charge on any atom is 0.222 e. The van der Waals surface area contributed by atoms with Crippen molar-refractivity contribution < 1.29 is 9.90 Å². The highest BCUT2D eigenvalue weighted by molar-refractivity contribution is 5.76. The Labute approximate surface area is 85.1 Å². The summed E-state index contributed by atoms with van der Waals surface area (Å²) in [4.78, 5) is 13.3. The van der Waals surface area contributed by atoms with E-state index in [0.29, 0.717) is 38.9 Å². The molecule has 14 heavy (non-hydrogen) atoms.